The van der Waals surface area contributed by atoms with E-state index in [2.05, 4.69) is 13.8 Å². The molecule has 2 heteroatoms. The molecule has 4 aliphatic carbocycles. The van der Waals surface area contributed by atoms with Crippen molar-refractivity contribution in [2.45, 2.75) is 83.7 Å². The van der Waals surface area contributed by atoms with Crippen molar-refractivity contribution in [3.63, 3.8) is 0 Å². The highest BCUT2D eigenvalue weighted by Gasteiger charge is 2.61. The second-order valence-electron chi connectivity index (χ2n) is 9.10. The first-order chi connectivity index (χ1) is 10.5. The second kappa shape index (κ2) is 5.06. The molecule has 22 heavy (non-hydrogen) atoms. The first-order valence-electron chi connectivity index (χ1n) is 9.72. The fourth-order valence-electron chi connectivity index (χ4n) is 7.35. The molecule has 7 atom stereocenters. The number of fused-ring (bicyclic) bond motifs is 5. The number of Topliss-reactive ketones (excluding diaryl/α,β-unsaturated/α-hetero) is 1. The van der Waals surface area contributed by atoms with Gasteiger partial charge in [0.2, 0.25) is 0 Å². The van der Waals surface area contributed by atoms with Crippen LogP contribution in [0.5, 0.6) is 0 Å². The van der Waals surface area contributed by atoms with Crippen LogP contribution >= 0.6 is 0 Å². The summed E-state index contributed by atoms with van der Waals surface area (Å²) >= 11 is 0. The summed E-state index contributed by atoms with van der Waals surface area (Å²) in [5.41, 5.74) is -0.262. The van der Waals surface area contributed by atoms with Gasteiger partial charge >= 0.3 is 0 Å². The van der Waals surface area contributed by atoms with Crippen LogP contribution in [-0.2, 0) is 4.79 Å². The summed E-state index contributed by atoms with van der Waals surface area (Å²) in [6.45, 7) is 4.56. The van der Waals surface area contributed by atoms with E-state index < -0.39 is 5.60 Å². The Hall–Kier alpha value is -0.370. The molecule has 0 aromatic carbocycles. The van der Waals surface area contributed by atoms with Crippen LogP contribution in [0.15, 0.2) is 0 Å². The lowest BCUT2D eigenvalue weighted by Crippen LogP contribution is -2.53. The largest absolute Gasteiger partial charge is 0.389 e. The van der Waals surface area contributed by atoms with Crippen molar-refractivity contribution in [3.8, 4) is 0 Å². The van der Waals surface area contributed by atoms with Crippen LogP contribution in [-0.4, -0.2) is 16.5 Å². The average Bonchev–Trinajstić information content (AvgIpc) is 2.79. The van der Waals surface area contributed by atoms with E-state index in [1.54, 1.807) is 0 Å². The van der Waals surface area contributed by atoms with Crippen molar-refractivity contribution in [2.75, 3.05) is 0 Å². The Balaban J connectivity index is 1.59. The van der Waals surface area contributed by atoms with E-state index in [0.717, 1.165) is 55.8 Å². The van der Waals surface area contributed by atoms with Crippen molar-refractivity contribution in [3.05, 3.63) is 0 Å². The topological polar surface area (TPSA) is 37.3 Å². The van der Waals surface area contributed by atoms with Gasteiger partial charge in [0.25, 0.3) is 0 Å². The third kappa shape index (κ3) is 1.92. The third-order valence-electron chi connectivity index (χ3n) is 8.67. The Bertz CT molecular complexity index is 472. The van der Waals surface area contributed by atoms with Gasteiger partial charge in [-0.25, -0.2) is 0 Å². The van der Waals surface area contributed by atoms with Gasteiger partial charge in [0.1, 0.15) is 5.78 Å². The number of hydrogen-bond donors (Lipinski definition) is 1. The van der Waals surface area contributed by atoms with Crippen LogP contribution in [0, 0.1) is 35.0 Å². The lowest BCUT2D eigenvalue weighted by molar-refractivity contribution is -0.138. The molecule has 0 spiro atoms. The van der Waals surface area contributed by atoms with E-state index in [1.807, 2.05) is 0 Å². The Labute approximate surface area is 135 Å². The van der Waals surface area contributed by atoms with Gasteiger partial charge in [-0.2, -0.15) is 0 Å². The van der Waals surface area contributed by atoms with Crippen LogP contribution in [0.3, 0.4) is 0 Å². The van der Waals surface area contributed by atoms with Crippen molar-refractivity contribution < 1.29 is 9.90 Å². The van der Waals surface area contributed by atoms with Gasteiger partial charge in [0, 0.05) is 12.8 Å². The predicted molar refractivity (Wildman–Crippen MR) is 87.4 cm³/mol. The van der Waals surface area contributed by atoms with E-state index in [1.165, 1.54) is 32.1 Å². The molecule has 0 aromatic heterocycles. The van der Waals surface area contributed by atoms with Crippen molar-refractivity contribution in [1.82, 2.24) is 0 Å². The monoisotopic (exact) mass is 304 g/mol. The van der Waals surface area contributed by atoms with E-state index in [4.69, 9.17) is 0 Å². The van der Waals surface area contributed by atoms with Gasteiger partial charge in [-0.1, -0.05) is 13.8 Å². The first-order valence-corrected chi connectivity index (χ1v) is 9.72. The van der Waals surface area contributed by atoms with Crippen LogP contribution in [0.1, 0.15) is 78.1 Å². The SMILES string of the molecule is CC[C@]1(O)CC[C@H]2[C@@H]3CC[C@H]4CC(=O)CC[C@@H]4[C@H]3CC[C@@]21C. The summed E-state index contributed by atoms with van der Waals surface area (Å²) in [5, 5.41) is 11.2. The molecule has 1 N–H and O–H groups in total. The maximum Gasteiger partial charge on any atom is 0.133 e. The molecule has 0 unspecified atom stereocenters. The highest BCUT2D eigenvalue weighted by atomic mass is 16.3. The van der Waals surface area contributed by atoms with E-state index >= 15 is 0 Å². The van der Waals surface area contributed by atoms with Gasteiger partial charge in [0.05, 0.1) is 5.60 Å². The molecule has 0 saturated heterocycles. The van der Waals surface area contributed by atoms with Gasteiger partial charge in [-0.05, 0) is 86.4 Å². The highest BCUT2D eigenvalue weighted by molar-refractivity contribution is 5.79. The summed E-state index contributed by atoms with van der Waals surface area (Å²) in [4.78, 5) is 11.8. The Morgan fingerprint density at radius 3 is 2.64 bits per heavy atom. The molecule has 0 bridgehead atoms. The number of carbonyl (C=O) groups is 1. The lowest BCUT2D eigenvalue weighted by Gasteiger charge is -2.57. The lowest BCUT2D eigenvalue weighted by atomic mass is 9.49. The normalized spacial score (nSPS) is 54.5. The molecule has 0 amide bonds. The minimum atomic E-state index is -0.415. The fraction of sp³-hybridized carbons (Fsp3) is 0.950. The van der Waals surface area contributed by atoms with Crippen LogP contribution in [0.2, 0.25) is 0 Å². The molecule has 0 aliphatic heterocycles. The van der Waals surface area contributed by atoms with Crippen molar-refractivity contribution in [2.24, 2.45) is 35.0 Å². The molecule has 4 aliphatic rings. The molecule has 0 heterocycles. The summed E-state index contributed by atoms with van der Waals surface area (Å²) < 4.78 is 0. The van der Waals surface area contributed by atoms with E-state index in [0.29, 0.717) is 11.7 Å². The summed E-state index contributed by atoms with van der Waals surface area (Å²) in [5.74, 6) is 4.43. The van der Waals surface area contributed by atoms with Crippen molar-refractivity contribution in [1.29, 1.82) is 0 Å². The standard InChI is InChI=1S/C20H32O2/c1-3-20(22)11-9-18-17-6-4-13-12-14(21)5-7-15(13)16(17)8-10-19(18,20)2/h13,15-18,22H,3-12H2,1-2H3/t13-,15-,16+,17+,18-,19-,20-/m0/s1. The van der Waals surface area contributed by atoms with Gasteiger partial charge in [-0.3, -0.25) is 4.79 Å². The molecule has 124 valence electrons. The molecular formula is C20H32O2. The van der Waals surface area contributed by atoms with E-state index in [-0.39, 0.29) is 5.41 Å². The number of ketones is 1. The van der Waals surface area contributed by atoms with Crippen molar-refractivity contribution >= 4 is 5.78 Å². The molecule has 0 aromatic rings. The predicted octanol–water partition coefficient (Wildman–Crippen LogP) is 4.35. The Morgan fingerprint density at radius 1 is 1.05 bits per heavy atom. The molecule has 4 rings (SSSR count). The second-order valence-corrected chi connectivity index (χ2v) is 9.10. The molecule has 4 fully saturated rings. The Kier molecular flexibility index (Phi) is 3.49. The van der Waals surface area contributed by atoms with E-state index in [9.17, 15) is 9.90 Å². The molecule has 2 nitrogen and oxygen atoms in total. The number of aliphatic hydroxyl groups is 1. The van der Waals surface area contributed by atoms with Crippen LogP contribution < -0.4 is 0 Å². The minimum Gasteiger partial charge on any atom is -0.389 e. The van der Waals surface area contributed by atoms with Gasteiger partial charge in [0.15, 0.2) is 0 Å². The van der Waals surface area contributed by atoms with Crippen LogP contribution in [0.4, 0.5) is 0 Å². The zero-order valence-corrected chi connectivity index (χ0v) is 14.3. The Morgan fingerprint density at radius 2 is 1.86 bits per heavy atom. The number of hydrogen-bond acceptors (Lipinski definition) is 2. The zero-order valence-electron chi connectivity index (χ0n) is 14.3. The maximum atomic E-state index is 11.8. The maximum absolute atomic E-state index is 11.8. The fourth-order valence-corrected chi connectivity index (χ4v) is 7.35. The summed E-state index contributed by atoms with van der Waals surface area (Å²) in [7, 11) is 0. The third-order valence-corrected chi connectivity index (χ3v) is 8.67. The number of rotatable bonds is 1. The first kappa shape index (κ1) is 15.2. The van der Waals surface area contributed by atoms with Gasteiger partial charge < -0.3 is 5.11 Å². The average molecular weight is 304 g/mol. The molecule has 4 saturated carbocycles. The highest BCUT2D eigenvalue weighted by Crippen LogP contribution is 2.65. The van der Waals surface area contributed by atoms with Gasteiger partial charge in [-0.15, -0.1) is 0 Å². The minimum absolute atomic E-state index is 0.153. The quantitative estimate of drug-likeness (QED) is 0.782. The molecular weight excluding hydrogens is 272 g/mol. The summed E-state index contributed by atoms with van der Waals surface area (Å²) in [6.07, 6.45) is 11.1. The smallest absolute Gasteiger partial charge is 0.133 e. The zero-order chi connectivity index (χ0) is 15.5. The molecule has 0 radical (unpaired) electrons. The summed E-state index contributed by atoms with van der Waals surface area (Å²) in [6, 6.07) is 0. The van der Waals surface area contributed by atoms with Crippen LogP contribution in [0.25, 0.3) is 0 Å². The number of carbonyl (C=O) groups excluding carboxylic acids is 1.